The Balaban J connectivity index is 1.88. The minimum absolute atomic E-state index is 0.266. The first-order chi connectivity index (χ1) is 13.9. The number of para-hydroxylation sites is 2. The fourth-order valence-electron chi connectivity index (χ4n) is 3.20. The number of halogens is 2. The van der Waals surface area contributed by atoms with Crippen LogP contribution in [-0.4, -0.2) is 10.9 Å². The highest BCUT2D eigenvalue weighted by Gasteiger charge is 2.17. The number of nitrogens with one attached hydrogen (secondary N) is 1. The van der Waals surface area contributed by atoms with Gasteiger partial charge < -0.3 is 5.32 Å². The highest BCUT2D eigenvalue weighted by Crippen LogP contribution is 2.31. The van der Waals surface area contributed by atoms with Crippen molar-refractivity contribution in [1.82, 2.24) is 4.98 Å². The van der Waals surface area contributed by atoms with Crippen LogP contribution in [0, 0.1) is 13.8 Å². The van der Waals surface area contributed by atoms with Gasteiger partial charge in [0.15, 0.2) is 0 Å². The fraction of sp³-hybridized carbons (Fsp3) is 0.0833. The molecule has 0 aliphatic heterocycles. The second-order valence-electron chi connectivity index (χ2n) is 6.92. The molecule has 3 nitrogen and oxygen atoms in total. The van der Waals surface area contributed by atoms with E-state index >= 15 is 0 Å². The maximum Gasteiger partial charge on any atom is 0.256 e. The zero-order valence-electron chi connectivity index (χ0n) is 16.0. The van der Waals surface area contributed by atoms with E-state index in [4.69, 9.17) is 28.2 Å². The van der Waals surface area contributed by atoms with E-state index in [0.29, 0.717) is 37.9 Å². The molecule has 144 valence electrons. The second kappa shape index (κ2) is 7.86. The molecule has 0 saturated heterocycles. The van der Waals surface area contributed by atoms with Gasteiger partial charge in [-0.3, -0.25) is 4.79 Å². The third-order valence-corrected chi connectivity index (χ3v) is 5.59. The van der Waals surface area contributed by atoms with Crippen molar-refractivity contribution in [1.29, 1.82) is 0 Å². The van der Waals surface area contributed by atoms with Gasteiger partial charge in [-0.1, -0.05) is 59.6 Å². The number of nitrogens with zero attached hydrogens (tertiary/aromatic N) is 1. The molecule has 1 heterocycles. The van der Waals surface area contributed by atoms with E-state index in [1.165, 1.54) is 5.56 Å². The molecule has 1 N–H and O–H groups in total. The first-order valence-electron chi connectivity index (χ1n) is 9.17. The van der Waals surface area contributed by atoms with E-state index in [2.05, 4.69) is 25.2 Å². The second-order valence-corrected chi connectivity index (χ2v) is 7.74. The maximum absolute atomic E-state index is 13.2. The molecule has 0 unspecified atom stereocenters. The van der Waals surface area contributed by atoms with Gasteiger partial charge in [0.25, 0.3) is 5.91 Å². The van der Waals surface area contributed by atoms with Gasteiger partial charge in [0.05, 0.1) is 32.5 Å². The molecule has 0 radical (unpaired) electrons. The summed E-state index contributed by atoms with van der Waals surface area (Å²) in [5, 5.41) is 4.56. The molecule has 0 fully saturated rings. The highest BCUT2D eigenvalue weighted by molar-refractivity contribution is 6.36. The molecular weight excluding hydrogens is 403 g/mol. The molecule has 0 aliphatic rings. The summed E-state index contributed by atoms with van der Waals surface area (Å²) in [5.41, 5.74) is 5.62. The van der Waals surface area contributed by atoms with E-state index in [-0.39, 0.29) is 5.91 Å². The van der Waals surface area contributed by atoms with Crippen LogP contribution in [0.4, 0.5) is 5.69 Å². The maximum atomic E-state index is 13.2. The summed E-state index contributed by atoms with van der Waals surface area (Å²) < 4.78 is 0. The fourth-order valence-corrected chi connectivity index (χ4v) is 3.60. The lowest BCUT2D eigenvalue weighted by molar-refractivity contribution is 0.102. The van der Waals surface area contributed by atoms with Gasteiger partial charge in [0, 0.05) is 10.9 Å². The van der Waals surface area contributed by atoms with Gasteiger partial charge in [-0.15, -0.1) is 0 Å². The largest absolute Gasteiger partial charge is 0.321 e. The van der Waals surface area contributed by atoms with Crippen LogP contribution in [0.25, 0.3) is 22.2 Å². The van der Waals surface area contributed by atoms with Crippen molar-refractivity contribution in [3.8, 4) is 11.3 Å². The predicted octanol–water partition coefficient (Wildman–Crippen LogP) is 7.08. The summed E-state index contributed by atoms with van der Waals surface area (Å²) in [5.74, 6) is -0.266. The molecule has 0 aliphatic carbocycles. The summed E-state index contributed by atoms with van der Waals surface area (Å²) in [4.78, 5) is 17.9. The van der Waals surface area contributed by atoms with E-state index in [0.717, 1.165) is 11.1 Å². The van der Waals surface area contributed by atoms with E-state index in [9.17, 15) is 4.79 Å². The number of anilines is 1. The van der Waals surface area contributed by atoms with Crippen LogP contribution >= 0.6 is 23.2 Å². The molecule has 29 heavy (non-hydrogen) atoms. The smallest absolute Gasteiger partial charge is 0.256 e. The molecule has 1 aromatic heterocycles. The Kier molecular flexibility index (Phi) is 5.27. The number of pyridine rings is 1. The lowest BCUT2D eigenvalue weighted by atomic mass is 10.0. The standard InChI is InChI=1S/C24H18Cl2N2O/c1-14-10-11-16(12-15(14)2)22-13-18(17-6-5-8-20(26)23(17)27-22)24(29)28-21-9-4-3-7-19(21)25/h3-13H,1-2H3,(H,28,29). The molecule has 4 aromatic rings. The number of amides is 1. The zero-order chi connectivity index (χ0) is 20.5. The number of aromatic nitrogens is 1. The van der Waals surface area contributed by atoms with Gasteiger partial charge in [0.1, 0.15) is 0 Å². The number of aryl methyl sites for hydroxylation is 2. The summed E-state index contributed by atoms with van der Waals surface area (Å²) in [6.07, 6.45) is 0. The molecule has 0 atom stereocenters. The summed E-state index contributed by atoms with van der Waals surface area (Å²) in [7, 11) is 0. The van der Waals surface area contributed by atoms with Crippen molar-refractivity contribution in [3.05, 3.63) is 93.5 Å². The number of carbonyl (C=O) groups is 1. The highest BCUT2D eigenvalue weighted by atomic mass is 35.5. The third-order valence-electron chi connectivity index (χ3n) is 4.96. The molecular formula is C24H18Cl2N2O. The van der Waals surface area contributed by atoms with E-state index in [1.807, 2.05) is 36.4 Å². The minimum atomic E-state index is -0.266. The minimum Gasteiger partial charge on any atom is -0.321 e. The van der Waals surface area contributed by atoms with Gasteiger partial charge in [-0.05, 0) is 55.3 Å². The van der Waals surface area contributed by atoms with Crippen molar-refractivity contribution in [2.24, 2.45) is 0 Å². The molecule has 5 heteroatoms. The van der Waals surface area contributed by atoms with Crippen molar-refractivity contribution in [2.45, 2.75) is 13.8 Å². The van der Waals surface area contributed by atoms with Gasteiger partial charge >= 0.3 is 0 Å². The van der Waals surface area contributed by atoms with Gasteiger partial charge in [-0.25, -0.2) is 4.98 Å². The van der Waals surface area contributed by atoms with Crippen LogP contribution in [0.1, 0.15) is 21.5 Å². The number of rotatable bonds is 3. The van der Waals surface area contributed by atoms with E-state index < -0.39 is 0 Å². The van der Waals surface area contributed by atoms with Gasteiger partial charge in [-0.2, -0.15) is 0 Å². The van der Waals surface area contributed by atoms with Crippen molar-refractivity contribution in [3.63, 3.8) is 0 Å². The molecule has 0 saturated carbocycles. The first-order valence-corrected chi connectivity index (χ1v) is 9.92. The molecule has 1 amide bonds. The normalized spacial score (nSPS) is 10.9. The Morgan fingerprint density at radius 3 is 2.38 bits per heavy atom. The zero-order valence-corrected chi connectivity index (χ0v) is 17.5. The summed E-state index contributed by atoms with van der Waals surface area (Å²) in [6.45, 7) is 4.12. The monoisotopic (exact) mass is 420 g/mol. The van der Waals surface area contributed by atoms with Crippen LogP contribution in [0.15, 0.2) is 66.7 Å². The van der Waals surface area contributed by atoms with Crippen LogP contribution in [0.3, 0.4) is 0 Å². The van der Waals surface area contributed by atoms with Crippen molar-refractivity contribution >= 4 is 45.7 Å². The number of carbonyl (C=O) groups excluding carboxylic acids is 1. The third kappa shape index (κ3) is 3.84. The van der Waals surface area contributed by atoms with Crippen molar-refractivity contribution < 1.29 is 4.79 Å². The van der Waals surface area contributed by atoms with Gasteiger partial charge in [0.2, 0.25) is 0 Å². The molecule has 4 rings (SSSR count). The lowest BCUT2D eigenvalue weighted by Gasteiger charge is -2.13. The van der Waals surface area contributed by atoms with Crippen LogP contribution in [-0.2, 0) is 0 Å². The Morgan fingerprint density at radius 2 is 1.62 bits per heavy atom. The number of hydrogen-bond donors (Lipinski definition) is 1. The summed E-state index contributed by atoms with van der Waals surface area (Å²) in [6, 6.07) is 20.5. The van der Waals surface area contributed by atoms with Crippen LogP contribution < -0.4 is 5.32 Å². The average Bonchev–Trinajstić information content (AvgIpc) is 2.71. The SMILES string of the molecule is Cc1ccc(-c2cc(C(=O)Nc3ccccc3Cl)c3cccc(Cl)c3n2)cc1C. The summed E-state index contributed by atoms with van der Waals surface area (Å²) >= 11 is 12.6. The van der Waals surface area contributed by atoms with Crippen molar-refractivity contribution in [2.75, 3.05) is 5.32 Å². The van der Waals surface area contributed by atoms with Crippen LogP contribution in [0.5, 0.6) is 0 Å². The topological polar surface area (TPSA) is 42.0 Å². The average molecular weight is 421 g/mol. The molecule has 0 spiro atoms. The van der Waals surface area contributed by atoms with Crippen LogP contribution in [0.2, 0.25) is 10.0 Å². The molecule has 3 aromatic carbocycles. The van der Waals surface area contributed by atoms with E-state index in [1.54, 1.807) is 24.3 Å². The predicted molar refractivity (Wildman–Crippen MR) is 121 cm³/mol. The molecule has 0 bridgehead atoms. The quantitative estimate of drug-likeness (QED) is 0.384. The first kappa shape index (κ1) is 19.4. The lowest BCUT2D eigenvalue weighted by Crippen LogP contribution is -2.13. The Morgan fingerprint density at radius 1 is 0.862 bits per heavy atom. The number of benzene rings is 3. The number of fused-ring (bicyclic) bond motifs is 1. The Labute approximate surface area is 179 Å². The Hall–Kier alpha value is -2.88. The number of hydrogen-bond acceptors (Lipinski definition) is 2. The Bertz CT molecular complexity index is 1250.